The van der Waals surface area contributed by atoms with Crippen LogP contribution in [0.5, 0.6) is 0 Å². The van der Waals surface area contributed by atoms with Gasteiger partial charge in [-0.25, -0.2) is 0 Å². The van der Waals surface area contributed by atoms with Crippen LogP contribution in [0.15, 0.2) is 24.3 Å². The molecule has 0 aromatic heterocycles. The third kappa shape index (κ3) is 1.57. The van der Waals surface area contributed by atoms with Gasteiger partial charge in [0.05, 0.1) is 6.61 Å². The maximum atomic E-state index is 5.94. The van der Waals surface area contributed by atoms with E-state index in [9.17, 15) is 0 Å². The number of benzene rings is 1. The van der Waals surface area contributed by atoms with Gasteiger partial charge in [-0.15, -0.1) is 0 Å². The zero-order valence-electron chi connectivity index (χ0n) is 9.61. The fourth-order valence-corrected chi connectivity index (χ4v) is 2.85. The Labute approximate surface area is 96.8 Å². The molecular weight excluding hydrogens is 198 g/mol. The molecule has 1 saturated heterocycles. The molecule has 1 aliphatic carbocycles. The van der Waals surface area contributed by atoms with Crippen LogP contribution in [0.1, 0.15) is 36.3 Å². The van der Waals surface area contributed by atoms with Crippen molar-refractivity contribution in [2.75, 3.05) is 19.8 Å². The average molecular weight is 217 g/mol. The molecular formula is C14H19NO. The molecule has 1 aliphatic heterocycles. The molecule has 0 amide bonds. The van der Waals surface area contributed by atoms with Crippen molar-refractivity contribution in [1.29, 1.82) is 0 Å². The van der Waals surface area contributed by atoms with Gasteiger partial charge in [0.15, 0.2) is 0 Å². The molecule has 0 bridgehead atoms. The van der Waals surface area contributed by atoms with E-state index in [4.69, 9.17) is 10.5 Å². The Balaban J connectivity index is 1.97. The zero-order chi connectivity index (χ0) is 11.0. The number of hydrogen-bond donors (Lipinski definition) is 1. The monoisotopic (exact) mass is 217 g/mol. The van der Waals surface area contributed by atoms with E-state index in [1.54, 1.807) is 0 Å². The third-order valence-electron chi connectivity index (χ3n) is 4.15. The molecule has 1 aromatic rings. The summed E-state index contributed by atoms with van der Waals surface area (Å²) in [5.74, 6) is 0.597. The lowest BCUT2D eigenvalue weighted by Gasteiger charge is -2.20. The second kappa shape index (κ2) is 3.86. The minimum Gasteiger partial charge on any atom is -0.381 e. The lowest BCUT2D eigenvalue weighted by atomic mass is 9.85. The van der Waals surface area contributed by atoms with Crippen molar-refractivity contribution in [2.24, 2.45) is 5.73 Å². The van der Waals surface area contributed by atoms with E-state index in [0.29, 0.717) is 11.3 Å². The molecule has 0 spiro atoms. The van der Waals surface area contributed by atoms with Crippen LogP contribution in [0.4, 0.5) is 0 Å². The molecule has 1 aromatic carbocycles. The average Bonchev–Trinajstić information content (AvgIpc) is 2.95. The van der Waals surface area contributed by atoms with E-state index in [2.05, 4.69) is 24.3 Å². The summed E-state index contributed by atoms with van der Waals surface area (Å²) in [6.45, 7) is 2.59. The maximum absolute atomic E-state index is 5.94. The van der Waals surface area contributed by atoms with E-state index >= 15 is 0 Å². The van der Waals surface area contributed by atoms with Crippen LogP contribution in [-0.4, -0.2) is 19.8 Å². The van der Waals surface area contributed by atoms with Crippen molar-refractivity contribution in [3.8, 4) is 0 Å². The van der Waals surface area contributed by atoms with Crippen LogP contribution in [0, 0.1) is 0 Å². The predicted octanol–water partition coefficient (Wildman–Crippen LogP) is 2.18. The fraction of sp³-hybridized carbons (Fsp3) is 0.571. The first-order valence-corrected chi connectivity index (χ1v) is 6.23. The van der Waals surface area contributed by atoms with Gasteiger partial charge in [0, 0.05) is 24.5 Å². The van der Waals surface area contributed by atoms with Gasteiger partial charge < -0.3 is 10.5 Å². The Bertz CT molecular complexity index is 378. The fourth-order valence-electron chi connectivity index (χ4n) is 2.85. The van der Waals surface area contributed by atoms with Crippen molar-refractivity contribution in [1.82, 2.24) is 0 Å². The molecule has 0 radical (unpaired) electrons. The molecule has 1 heterocycles. The van der Waals surface area contributed by atoms with Crippen LogP contribution in [0.2, 0.25) is 0 Å². The number of hydrogen-bond acceptors (Lipinski definition) is 2. The minimum atomic E-state index is 0.305. The van der Waals surface area contributed by atoms with Crippen LogP contribution in [0.25, 0.3) is 0 Å². The summed E-state index contributed by atoms with van der Waals surface area (Å²) >= 11 is 0. The highest BCUT2D eigenvalue weighted by atomic mass is 16.5. The maximum Gasteiger partial charge on any atom is 0.0535 e. The second-order valence-corrected chi connectivity index (χ2v) is 5.13. The molecule has 2 nitrogen and oxygen atoms in total. The lowest BCUT2D eigenvalue weighted by molar-refractivity contribution is 0.193. The van der Waals surface area contributed by atoms with E-state index in [1.165, 1.54) is 24.0 Å². The van der Waals surface area contributed by atoms with Gasteiger partial charge in [0.1, 0.15) is 0 Å². The largest absolute Gasteiger partial charge is 0.381 e. The van der Waals surface area contributed by atoms with Gasteiger partial charge in [-0.1, -0.05) is 24.3 Å². The number of nitrogens with two attached hydrogens (primary N) is 1. The van der Waals surface area contributed by atoms with Crippen LogP contribution in [-0.2, 0) is 10.2 Å². The summed E-state index contributed by atoms with van der Waals surface area (Å²) in [6.07, 6.45) is 3.68. The van der Waals surface area contributed by atoms with Crippen LogP contribution >= 0.6 is 0 Å². The zero-order valence-corrected chi connectivity index (χ0v) is 9.61. The molecule has 1 atom stereocenters. The summed E-state index contributed by atoms with van der Waals surface area (Å²) in [7, 11) is 0. The molecule has 16 heavy (non-hydrogen) atoms. The smallest absolute Gasteiger partial charge is 0.0535 e. The van der Waals surface area contributed by atoms with Gasteiger partial charge >= 0.3 is 0 Å². The summed E-state index contributed by atoms with van der Waals surface area (Å²) in [4.78, 5) is 0. The van der Waals surface area contributed by atoms with Crippen molar-refractivity contribution in [3.05, 3.63) is 35.4 Å². The number of rotatable bonds is 3. The molecule has 2 fully saturated rings. The first-order chi connectivity index (χ1) is 7.86. The summed E-state index contributed by atoms with van der Waals surface area (Å²) < 4.78 is 5.50. The Kier molecular flexibility index (Phi) is 2.49. The highest BCUT2D eigenvalue weighted by Gasteiger charge is 2.44. The Morgan fingerprint density at radius 2 is 2.12 bits per heavy atom. The lowest BCUT2D eigenvalue weighted by Crippen LogP contribution is -2.22. The van der Waals surface area contributed by atoms with Crippen molar-refractivity contribution in [2.45, 2.75) is 30.6 Å². The van der Waals surface area contributed by atoms with E-state index in [-0.39, 0.29) is 0 Å². The second-order valence-electron chi connectivity index (χ2n) is 5.13. The van der Waals surface area contributed by atoms with E-state index < -0.39 is 0 Å². The van der Waals surface area contributed by atoms with Crippen LogP contribution < -0.4 is 5.73 Å². The summed E-state index contributed by atoms with van der Waals surface area (Å²) in [5.41, 5.74) is 9.22. The summed E-state index contributed by atoms with van der Waals surface area (Å²) in [5, 5.41) is 0. The molecule has 1 unspecified atom stereocenters. The third-order valence-corrected chi connectivity index (χ3v) is 4.15. The highest BCUT2D eigenvalue weighted by Crippen LogP contribution is 2.50. The Morgan fingerprint density at radius 3 is 2.75 bits per heavy atom. The standard InChI is InChI=1S/C14H19NO/c15-10-14(6-7-14)13-4-2-1-3-12(13)11-5-8-16-9-11/h1-4,11H,5-10,15H2. The summed E-state index contributed by atoms with van der Waals surface area (Å²) in [6, 6.07) is 8.83. The predicted molar refractivity (Wildman–Crippen MR) is 64.6 cm³/mol. The van der Waals surface area contributed by atoms with Gasteiger partial charge in [-0.05, 0) is 30.4 Å². The first-order valence-electron chi connectivity index (χ1n) is 6.23. The molecule has 2 aliphatic rings. The Morgan fingerprint density at radius 1 is 1.31 bits per heavy atom. The SMILES string of the molecule is NCC1(c2ccccc2C2CCOC2)CC1. The van der Waals surface area contributed by atoms with Crippen molar-refractivity contribution < 1.29 is 4.74 Å². The molecule has 1 saturated carbocycles. The highest BCUT2D eigenvalue weighted by molar-refractivity contribution is 5.41. The Hall–Kier alpha value is -0.860. The van der Waals surface area contributed by atoms with Gasteiger partial charge in [-0.3, -0.25) is 0 Å². The van der Waals surface area contributed by atoms with E-state index in [0.717, 1.165) is 26.2 Å². The minimum absolute atomic E-state index is 0.305. The van der Waals surface area contributed by atoms with Gasteiger partial charge in [0.25, 0.3) is 0 Å². The molecule has 2 N–H and O–H groups in total. The van der Waals surface area contributed by atoms with Crippen molar-refractivity contribution >= 4 is 0 Å². The van der Waals surface area contributed by atoms with E-state index in [1.807, 2.05) is 0 Å². The van der Waals surface area contributed by atoms with Gasteiger partial charge in [-0.2, -0.15) is 0 Å². The molecule has 2 heteroatoms. The van der Waals surface area contributed by atoms with Gasteiger partial charge in [0.2, 0.25) is 0 Å². The van der Waals surface area contributed by atoms with Crippen molar-refractivity contribution in [3.63, 3.8) is 0 Å². The first kappa shape index (κ1) is 10.3. The molecule has 3 rings (SSSR count). The normalized spacial score (nSPS) is 26.9. The topological polar surface area (TPSA) is 35.2 Å². The molecule has 86 valence electrons. The van der Waals surface area contributed by atoms with Crippen LogP contribution in [0.3, 0.4) is 0 Å². The number of ether oxygens (including phenoxy) is 1. The quantitative estimate of drug-likeness (QED) is 0.842.